The first-order valence-electron chi connectivity index (χ1n) is 12.4. The number of anilines is 1. The summed E-state index contributed by atoms with van der Waals surface area (Å²) in [4.78, 5) is 19.5. The zero-order valence-electron chi connectivity index (χ0n) is 20.0. The SMILES string of the molecule is CCc1ccc(S(=O)(=O)NC2CCCc3ccc(N(Cc4cccnc4)C(=O)C4CC4)cc32)cc1. The molecule has 1 fully saturated rings. The van der Waals surface area contributed by atoms with Crippen LogP contribution >= 0.6 is 0 Å². The molecule has 3 aromatic rings. The first-order chi connectivity index (χ1) is 16.9. The number of hydrogen-bond donors (Lipinski definition) is 1. The number of carbonyl (C=O) groups is 1. The van der Waals surface area contributed by atoms with Crippen LogP contribution in [0, 0.1) is 5.92 Å². The summed E-state index contributed by atoms with van der Waals surface area (Å²) in [7, 11) is -3.67. The number of aromatic nitrogens is 1. The first kappa shape index (κ1) is 23.7. The average Bonchev–Trinajstić information content (AvgIpc) is 3.73. The molecule has 1 amide bonds. The van der Waals surface area contributed by atoms with Crippen molar-refractivity contribution in [2.75, 3.05) is 4.90 Å². The summed E-state index contributed by atoms with van der Waals surface area (Å²) < 4.78 is 29.3. The van der Waals surface area contributed by atoms with Gasteiger partial charge in [-0.2, -0.15) is 0 Å². The molecular weight excluding hydrogens is 458 g/mol. The number of fused-ring (bicyclic) bond motifs is 1. The molecule has 1 saturated carbocycles. The predicted octanol–water partition coefficient (Wildman–Crippen LogP) is 4.94. The standard InChI is InChI=1S/C28H31N3O3S/c1-2-20-8-14-25(15-9-20)35(33,34)30-27-7-3-6-22-12-13-24(17-26(22)27)31(28(32)23-10-11-23)19-21-5-4-16-29-18-21/h4-5,8-9,12-18,23,27,30H,2-3,6-7,10-11,19H2,1H3. The summed E-state index contributed by atoms with van der Waals surface area (Å²) in [5.41, 5.74) is 4.97. The van der Waals surface area contributed by atoms with E-state index in [4.69, 9.17) is 0 Å². The van der Waals surface area contributed by atoms with Gasteiger partial charge in [-0.05, 0) is 91.1 Å². The number of benzene rings is 2. The minimum Gasteiger partial charge on any atom is -0.308 e. The Bertz CT molecular complexity index is 1300. The van der Waals surface area contributed by atoms with Gasteiger partial charge in [0.2, 0.25) is 15.9 Å². The van der Waals surface area contributed by atoms with E-state index < -0.39 is 10.0 Å². The van der Waals surface area contributed by atoms with Crippen molar-refractivity contribution in [3.05, 3.63) is 89.2 Å². The number of amides is 1. The van der Waals surface area contributed by atoms with Crippen LogP contribution in [0.25, 0.3) is 0 Å². The molecule has 1 atom stereocenters. The van der Waals surface area contributed by atoms with Gasteiger partial charge in [0.1, 0.15) is 0 Å². The zero-order valence-corrected chi connectivity index (χ0v) is 20.8. The van der Waals surface area contributed by atoms with Crippen molar-refractivity contribution in [3.63, 3.8) is 0 Å². The van der Waals surface area contributed by atoms with Crippen LogP contribution in [0.3, 0.4) is 0 Å². The van der Waals surface area contributed by atoms with Crippen LogP contribution in [0.1, 0.15) is 60.9 Å². The molecule has 7 heteroatoms. The van der Waals surface area contributed by atoms with Crippen molar-refractivity contribution in [3.8, 4) is 0 Å². The molecule has 6 nitrogen and oxygen atoms in total. The number of rotatable bonds is 8. The summed E-state index contributed by atoms with van der Waals surface area (Å²) >= 11 is 0. The van der Waals surface area contributed by atoms with E-state index in [1.807, 2.05) is 48.2 Å². The molecule has 0 saturated heterocycles. The molecule has 1 heterocycles. The fourth-order valence-electron chi connectivity index (χ4n) is 4.76. The van der Waals surface area contributed by atoms with Crippen molar-refractivity contribution in [1.82, 2.24) is 9.71 Å². The number of aryl methyl sites for hydroxylation is 2. The number of nitrogens with zero attached hydrogens (tertiary/aromatic N) is 2. The smallest absolute Gasteiger partial charge is 0.241 e. The van der Waals surface area contributed by atoms with E-state index >= 15 is 0 Å². The third-order valence-corrected chi connectivity index (χ3v) is 8.44. The summed E-state index contributed by atoms with van der Waals surface area (Å²) in [5.74, 6) is 0.195. The molecule has 0 radical (unpaired) electrons. The van der Waals surface area contributed by atoms with Gasteiger partial charge in [0.15, 0.2) is 0 Å². The van der Waals surface area contributed by atoms with Crippen molar-refractivity contribution in [2.24, 2.45) is 5.92 Å². The zero-order chi connectivity index (χ0) is 24.4. The van der Waals surface area contributed by atoms with Gasteiger partial charge >= 0.3 is 0 Å². The monoisotopic (exact) mass is 489 g/mol. The number of pyridine rings is 1. The minimum atomic E-state index is -3.67. The third kappa shape index (κ3) is 5.31. The second-order valence-electron chi connectivity index (χ2n) is 9.51. The maximum absolute atomic E-state index is 13.2. The lowest BCUT2D eigenvalue weighted by Crippen LogP contribution is -2.33. The molecule has 2 aromatic carbocycles. The average molecular weight is 490 g/mol. The normalized spacial score (nSPS) is 17.6. The van der Waals surface area contributed by atoms with Crippen LogP contribution in [0.15, 0.2) is 71.9 Å². The summed E-state index contributed by atoms with van der Waals surface area (Å²) in [6.45, 7) is 2.49. The van der Waals surface area contributed by atoms with E-state index in [1.165, 1.54) is 0 Å². The summed E-state index contributed by atoms with van der Waals surface area (Å²) in [6, 6.07) is 16.6. The van der Waals surface area contributed by atoms with Gasteiger partial charge in [0.25, 0.3) is 0 Å². The Kier molecular flexibility index (Phi) is 6.71. The highest BCUT2D eigenvalue weighted by Gasteiger charge is 2.35. The molecule has 0 aliphatic heterocycles. The summed E-state index contributed by atoms with van der Waals surface area (Å²) in [5, 5.41) is 0. The quantitative estimate of drug-likeness (QED) is 0.486. The lowest BCUT2D eigenvalue weighted by molar-refractivity contribution is -0.119. The van der Waals surface area contributed by atoms with Crippen molar-refractivity contribution < 1.29 is 13.2 Å². The maximum atomic E-state index is 13.2. The molecule has 1 unspecified atom stereocenters. The number of carbonyl (C=O) groups excluding carboxylic acids is 1. The maximum Gasteiger partial charge on any atom is 0.241 e. The summed E-state index contributed by atoms with van der Waals surface area (Å²) in [6.07, 6.45) is 8.75. The molecule has 182 valence electrons. The minimum absolute atomic E-state index is 0.0723. The van der Waals surface area contributed by atoms with E-state index in [-0.39, 0.29) is 22.8 Å². The fraction of sp³-hybridized carbons (Fsp3) is 0.357. The molecule has 2 aliphatic rings. The Morgan fingerprint density at radius 3 is 2.54 bits per heavy atom. The Morgan fingerprint density at radius 1 is 1.06 bits per heavy atom. The molecule has 0 spiro atoms. The molecule has 5 rings (SSSR count). The van der Waals surface area contributed by atoms with Gasteiger partial charge in [-0.25, -0.2) is 13.1 Å². The number of sulfonamides is 1. The van der Waals surface area contributed by atoms with E-state index in [2.05, 4.69) is 15.8 Å². The van der Waals surface area contributed by atoms with Crippen LogP contribution in [0.5, 0.6) is 0 Å². The van der Waals surface area contributed by atoms with Crippen LogP contribution in [0.2, 0.25) is 0 Å². The van der Waals surface area contributed by atoms with Gasteiger partial charge in [0.05, 0.1) is 11.4 Å². The van der Waals surface area contributed by atoms with Crippen molar-refractivity contribution in [1.29, 1.82) is 0 Å². The molecule has 35 heavy (non-hydrogen) atoms. The first-order valence-corrected chi connectivity index (χ1v) is 13.9. The van der Waals surface area contributed by atoms with Gasteiger partial charge in [0, 0.05) is 30.0 Å². The van der Waals surface area contributed by atoms with E-state index in [0.29, 0.717) is 6.54 Å². The molecule has 2 aliphatic carbocycles. The highest BCUT2D eigenvalue weighted by Crippen LogP contribution is 2.37. The van der Waals surface area contributed by atoms with Crippen LogP contribution in [-0.4, -0.2) is 19.3 Å². The van der Waals surface area contributed by atoms with Crippen LogP contribution in [-0.2, 0) is 34.2 Å². The second kappa shape index (κ2) is 9.91. The fourth-order valence-corrected chi connectivity index (χ4v) is 6.01. The highest BCUT2D eigenvalue weighted by atomic mass is 32.2. The topological polar surface area (TPSA) is 79.4 Å². The highest BCUT2D eigenvalue weighted by molar-refractivity contribution is 7.89. The Morgan fingerprint density at radius 2 is 1.86 bits per heavy atom. The van der Waals surface area contributed by atoms with Crippen LogP contribution in [0.4, 0.5) is 5.69 Å². The second-order valence-corrected chi connectivity index (χ2v) is 11.2. The Hall–Kier alpha value is -3.03. The van der Waals surface area contributed by atoms with Crippen LogP contribution < -0.4 is 9.62 Å². The van der Waals surface area contributed by atoms with E-state index in [9.17, 15) is 13.2 Å². The van der Waals surface area contributed by atoms with Gasteiger partial charge in [-0.1, -0.05) is 31.2 Å². The van der Waals surface area contributed by atoms with Gasteiger partial charge < -0.3 is 4.90 Å². The lowest BCUT2D eigenvalue weighted by Gasteiger charge is -2.29. The Balaban J connectivity index is 1.44. The molecule has 0 bridgehead atoms. The molecular formula is C28H31N3O3S. The lowest BCUT2D eigenvalue weighted by atomic mass is 9.87. The van der Waals surface area contributed by atoms with Crippen molar-refractivity contribution in [2.45, 2.75) is 62.9 Å². The van der Waals surface area contributed by atoms with Gasteiger partial charge in [-0.3, -0.25) is 9.78 Å². The van der Waals surface area contributed by atoms with E-state index in [0.717, 1.165) is 66.5 Å². The predicted molar refractivity (Wildman–Crippen MR) is 136 cm³/mol. The van der Waals surface area contributed by atoms with Crippen molar-refractivity contribution >= 4 is 21.6 Å². The third-order valence-electron chi connectivity index (χ3n) is 6.95. The number of nitrogens with one attached hydrogen (secondary N) is 1. The Labute approximate surface area is 207 Å². The largest absolute Gasteiger partial charge is 0.308 e. The molecule has 1 N–H and O–H groups in total. The van der Waals surface area contributed by atoms with E-state index in [1.54, 1.807) is 24.5 Å². The number of hydrogen-bond acceptors (Lipinski definition) is 4. The molecule has 1 aromatic heterocycles. The van der Waals surface area contributed by atoms with Gasteiger partial charge in [-0.15, -0.1) is 0 Å².